The van der Waals surface area contributed by atoms with Crippen molar-refractivity contribution in [2.75, 3.05) is 6.54 Å². The molecule has 2 aliphatic rings. The summed E-state index contributed by atoms with van der Waals surface area (Å²) in [6, 6.07) is 7.04. The monoisotopic (exact) mass is 306 g/mol. The molecule has 0 bridgehead atoms. The van der Waals surface area contributed by atoms with Gasteiger partial charge in [-0.25, -0.2) is 8.42 Å². The highest BCUT2D eigenvalue weighted by atomic mass is 32.2. The van der Waals surface area contributed by atoms with Crippen LogP contribution in [-0.2, 0) is 10.0 Å². The van der Waals surface area contributed by atoms with E-state index in [0.29, 0.717) is 22.2 Å². The van der Waals surface area contributed by atoms with E-state index in [1.807, 2.05) is 12.1 Å². The molecule has 0 unspecified atom stereocenters. The molecule has 0 radical (unpaired) electrons. The maximum absolute atomic E-state index is 12.0. The van der Waals surface area contributed by atoms with E-state index >= 15 is 0 Å². The minimum absolute atomic E-state index is 0.346. The maximum atomic E-state index is 12.0. The Kier molecular flexibility index (Phi) is 4.02. The number of nitrogens with one attached hydrogen (secondary N) is 1. The average molecular weight is 306 g/mol. The molecule has 0 aromatic heterocycles. The molecule has 21 heavy (non-hydrogen) atoms. The average Bonchev–Trinajstić information content (AvgIpc) is 2.77. The van der Waals surface area contributed by atoms with Gasteiger partial charge in [-0.15, -0.1) is 0 Å². The Morgan fingerprint density at radius 1 is 1.14 bits per heavy atom. The van der Waals surface area contributed by atoms with Gasteiger partial charge in [0.1, 0.15) is 5.84 Å². The van der Waals surface area contributed by atoms with Crippen LogP contribution in [0.2, 0.25) is 0 Å². The van der Waals surface area contributed by atoms with Crippen LogP contribution in [0.3, 0.4) is 0 Å². The SMILES string of the molecule is CCC1CCC(CN=C2NS(=O)(=O)c3ccccc32)CC1. The Balaban J connectivity index is 1.71. The van der Waals surface area contributed by atoms with Crippen molar-refractivity contribution in [2.45, 2.75) is 43.9 Å². The van der Waals surface area contributed by atoms with E-state index in [2.05, 4.69) is 16.6 Å². The predicted molar refractivity (Wildman–Crippen MR) is 83.9 cm³/mol. The third-order valence-electron chi connectivity index (χ3n) is 4.71. The standard InChI is InChI=1S/C16H22N2O2S/c1-2-12-7-9-13(10-8-12)11-17-16-14-5-3-4-6-15(14)21(19,20)18-16/h3-6,12-13H,2,7-11H2,1H3,(H,17,18). The molecule has 1 aliphatic carbocycles. The van der Waals surface area contributed by atoms with Crippen LogP contribution in [0.5, 0.6) is 0 Å². The Labute approximate surface area is 126 Å². The zero-order chi connectivity index (χ0) is 14.9. The lowest BCUT2D eigenvalue weighted by molar-refractivity contribution is 0.274. The summed E-state index contributed by atoms with van der Waals surface area (Å²) in [5.74, 6) is 1.99. The second-order valence-corrected chi connectivity index (χ2v) is 7.74. The summed E-state index contributed by atoms with van der Waals surface area (Å²) in [5.41, 5.74) is 0.708. The molecule has 1 aromatic carbocycles. The predicted octanol–water partition coefficient (Wildman–Crippen LogP) is 2.94. The van der Waals surface area contributed by atoms with Crippen molar-refractivity contribution in [3.8, 4) is 0 Å². The van der Waals surface area contributed by atoms with E-state index in [1.165, 1.54) is 32.1 Å². The number of nitrogens with zero attached hydrogens (tertiary/aromatic N) is 1. The number of hydrogen-bond acceptors (Lipinski definition) is 3. The Morgan fingerprint density at radius 3 is 2.52 bits per heavy atom. The van der Waals surface area contributed by atoms with Gasteiger partial charge in [0, 0.05) is 12.1 Å². The molecular formula is C16H22N2O2S. The summed E-state index contributed by atoms with van der Waals surface area (Å²) in [6.07, 6.45) is 6.27. The lowest BCUT2D eigenvalue weighted by atomic mass is 9.81. The van der Waals surface area contributed by atoms with Crippen molar-refractivity contribution in [3.05, 3.63) is 29.8 Å². The lowest BCUT2D eigenvalue weighted by Gasteiger charge is -2.26. The third-order valence-corrected chi connectivity index (χ3v) is 6.11. The molecule has 5 heteroatoms. The zero-order valence-electron chi connectivity index (χ0n) is 12.4. The van der Waals surface area contributed by atoms with Gasteiger partial charge in [0.2, 0.25) is 0 Å². The molecule has 0 atom stereocenters. The Morgan fingerprint density at radius 2 is 1.81 bits per heavy atom. The molecule has 1 saturated carbocycles. The van der Waals surface area contributed by atoms with Crippen molar-refractivity contribution < 1.29 is 8.42 Å². The van der Waals surface area contributed by atoms with E-state index in [1.54, 1.807) is 12.1 Å². The van der Waals surface area contributed by atoms with Crippen molar-refractivity contribution in [1.82, 2.24) is 4.72 Å². The van der Waals surface area contributed by atoms with Crippen LogP contribution in [0.25, 0.3) is 0 Å². The van der Waals surface area contributed by atoms with Crippen molar-refractivity contribution in [2.24, 2.45) is 16.8 Å². The number of amidine groups is 1. The van der Waals surface area contributed by atoms with Gasteiger partial charge in [0.25, 0.3) is 10.0 Å². The van der Waals surface area contributed by atoms with Crippen molar-refractivity contribution in [1.29, 1.82) is 0 Å². The smallest absolute Gasteiger partial charge is 0.263 e. The number of fused-ring (bicyclic) bond motifs is 1. The van der Waals surface area contributed by atoms with E-state index < -0.39 is 10.0 Å². The summed E-state index contributed by atoms with van der Waals surface area (Å²) in [4.78, 5) is 4.91. The molecule has 114 valence electrons. The highest BCUT2D eigenvalue weighted by Gasteiger charge is 2.30. The number of sulfonamides is 1. The molecular weight excluding hydrogens is 284 g/mol. The van der Waals surface area contributed by atoms with Crippen LogP contribution in [0.1, 0.15) is 44.6 Å². The molecule has 0 saturated heterocycles. The summed E-state index contributed by atoms with van der Waals surface area (Å²) in [6.45, 7) is 2.98. The van der Waals surface area contributed by atoms with Crippen LogP contribution in [0, 0.1) is 11.8 Å². The quantitative estimate of drug-likeness (QED) is 0.933. The topological polar surface area (TPSA) is 58.5 Å². The minimum atomic E-state index is -3.40. The fraction of sp³-hybridized carbons (Fsp3) is 0.562. The van der Waals surface area contributed by atoms with Crippen LogP contribution in [0.15, 0.2) is 34.2 Å². The molecule has 1 fully saturated rings. The first-order valence-electron chi connectivity index (χ1n) is 7.77. The molecule has 0 spiro atoms. The van der Waals surface area contributed by atoms with Gasteiger partial charge in [0.05, 0.1) is 4.90 Å². The molecule has 1 heterocycles. The maximum Gasteiger partial charge on any atom is 0.263 e. The molecule has 1 aliphatic heterocycles. The normalized spacial score (nSPS) is 29.1. The van der Waals surface area contributed by atoms with Crippen LogP contribution < -0.4 is 4.72 Å². The summed E-state index contributed by atoms with van der Waals surface area (Å²) in [5, 5.41) is 0. The van der Waals surface area contributed by atoms with Crippen molar-refractivity contribution >= 4 is 15.9 Å². The highest BCUT2D eigenvalue weighted by molar-refractivity contribution is 7.90. The first-order chi connectivity index (χ1) is 10.1. The summed E-state index contributed by atoms with van der Waals surface area (Å²) >= 11 is 0. The first-order valence-corrected chi connectivity index (χ1v) is 9.25. The van der Waals surface area contributed by atoms with Crippen molar-refractivity contribution in [3.63, 3.8) is 0 Å². The number of hydrogen-bond donors (Lipinski definition) is 1. The van der Waals surface area contributed by atoms with Gasteiger partial charge < -0.3 is 0 Å². The van der Waals surface area contributed by atoms with E-state index in [-0.39, 0.29) is 0 Å². The summed E-state index contributed by atoms with van der Waals surface area (Å²) in [7, 11) is -3.40. The third kappa shape index (κ3) is 2.98. The van der Waals surface area contributed by atoms with E-state index in [4.69, 9.17) is 0 Å². The number of aliphatic imine (C=N–C) groups is 1. The van der Waals surface area contributed by atoms with Gasteiger partial charge in [0.15, 0.2) is 0 Å². The Bertz CT molecular complexity index is 644. The van der Waals surface area contributed by atoms with Crippen LogP contribution >= 0.6 is 0 Å². The second-order valence-electron chi connectivity index (χ2n) is 6.09. The number of rotatable bonds is 3. The number of benzene rings is 1. The molecule has 4 nitrogen and oxygen atoms in total. The van der Waals surface area contributed by atoms with Gasteiger partial charge in [-0.2, -0.15) is 0 Å². The summed E-state index contributed by atoms with van der Waals surface area (Å²) < 4.78 is 26.6. The van der Waals surface area contributed by atoms with Crippen LogP contribution in [0.4, 0.5) is 0 Å². The van der Waals surface area contributed by atoms with Gasteiger partial charge in [-0.3, -0.25) is 9.71 Å². The lowest BCUT2D eigenvalue weighted by Crippen LogP contribution is -2.24. The van der Waals surface area contributed by atoms with Gasteiger partial charge in [-0.05, 0) is 36.8 Å². The fourth-order valence-corrected chi connectivity index (χ4v) is 4.54. The molecule has 3 rings (SSSR count). The molecule has 1 N–H and O–H groups in total. The second kappa shape index (κ2) is 5.79. The zero-order valence-corrected chi connectivity index (χ0v) is 13.2. The first kappa shape index (κ1) is 14.6. The molecule has 1 aromatic rings. The van der Waals surface area contributed by atoms with Gasteiger partial charge >= 0.3 is 0 Å². The van der Waals surface area contributed by atoms with E-state index in [0.717, 1.165) is 12.5 Å². The minimum Gasteiger partial charge on any atom is -0.267 e. The van der Waals surface area contributed by atoms with E-state index in [9.17, 15) is 8.42 Å². The largest absolute Gasteiger partial charge is 0.267 e. The highest BCUT2D eigenvalue weighted by Crippen LogP contribution is 2.31. The van der Waals surface area contributed by atoms with Crippen LogP contribution in [-0.4, -0.2) is 20.8 Å². The van der Waals surface area contributed by atoms with Gasteiger partial charge in [-0.1, -0.05) is 38.3 Å². The molecule has 0 amide bonds. The fourth-order valence-electron chi connectivity index (χ4n) is 3.29. The Hall–Kier alpha value is -1.36.